The van der Waals surface area contributed by atoms with Gasteiger partial charge >= 0.3 is 7.12 Å². The summed E-state index contributed by atoms with van der Waals surface area (Å²) >= 11 is 0. The molecule has 0 aromatic heterocycles. The highest BCUT2D eigenvalue weighted by Gasteiger charge is 2.23. The summed E-state index contributed by atoms with van der Waals surface area (Å²) < 4.78 is 11.9. The average Bonchev–Trinajstić information content (AvgIpc) is 2.65. The minimum absolute atomic E-state index is 0.198. The third kappa shape index (κ3) is 9.20. The van der Waals surface area contributed by atoms with E-state index in [0.717, 1.165) is 31.8 Å². The molecule has 0 amide bonds. The molecule has 0 bridgehead atoms. The van der Waals surface area contributed by atoms with Crippen molar-refractivity contribution in [2.24, 2.45) is 0 Å². The highest BCUT2D eigenvalue weighted by molar-refractivity contribution is 6.61. The molecule has 1 aliphatic rings. The lowest BCUT2D eigenvalue weighted by Crippen LogP contribution is -2.44. The summed E-state index contributed by atoms with van der Waals surface area (Å²) in [6.45, 7) is 6.99. The van der Waals surface area contributed by atoms with Crippen molar-refractivity contribution in [2.75, 3.05) is 32.8 Å². The Morgan fingerprint density at radius 1 is 0.769 bits per heavy atom. The van der Waals surface area contributed by atoms with Crippen LogP contribution in [0.5, 0.6) is 0 Å². The molecule has 0 spiro atoms. The van der Waals surface area contributed by atoms with Gasteiger partial charge in [0.15, 0.2) is 0 Å². The molecule has 0 radical (unpaired) electrons. The smallest absolute Gasteiger partial charge is 0.406 e. The molecule has 26 heavy (non-hydrogen) atoms. The van der Waals surface area contributed by atoms with Crippen molar-refractivity contribution in [3.63, 3.8) is 0 Å². The summed E-state index contributed by atoms with van der Waals surface area (Å²) in [6.07, 6.45) is 14.0. The Labute approximate surface area is 161 Å². The fourth-order valence-corrected chi connectivity index (χ4v) is 3.59. The Balaban J connectivity index is 1.47. The fraction of sp³-hybridized carbons (Fsp3) is 0.727. The van der Waals surface area contributed by atoms with Gasteiger partial charge in [0.25, 0.3) is 0 Å². The van der Waals surface area contributed by atoms with Gasteiger partial charge in [-0.05, 0) is 18.4 Å². The second kappa shape index (κ2) is 14.3. The Bertz CT molecular complexity index is 433. The average molecular weight is 359 g/mol. The van der Waals surface area contributed by atoms with Gasteiger partial charge in [-0.15, -0.1) is 0 Å². The van der Waals surface area contributed by atoms with Crippen molar-refractivity contribution in [3.8, 4) is 0 Å². The topological polar surface area (TPSA) is 21.7 Å². The van der Waals surface area contributed by atoms with E-state index in [4.69, 9.17) is 9.31 Å². The molecule has 2 rings (SSSR count). The molecular formula is C22H38BNO2. The predicted octanol–water partition coefficient (Wildman–Crippen LogP) is 4.65. The molecule has 0 saturated carbocycles. The van der Waals surface area contributed by atoms with Gasteiger partial charge in [-0.25, -0.2) is 0 Å². The summed E-state index contributed by atoms with van der Waals surface area (Å²) in [4.78, 5) is 2.49. The van der Waals surface area contributed by atoms with Gasteiger partial charge in [0.05, 0.1) is 0 Å². The van der Waals surface area contributed by atoms with Gasteiger partial charge in [0.1, 0.15) is 0 Å². The van der Waals surface area contributed by atoms with E-state index in [2.05, 4.69) is 24.0 Å². The van der Waals surface area contributed by atoms with Crippen LogP contribution in [0.25, 0.3) is 0 Å². The van der Waals surface area contributed by atoms with Gasteiger partial charge < -0.3 is 9.31 Å². The van der Waals surface area contributed by atoms with Gasteiger partial charge in [0.2, 0.25) is 0 Å². The minimum Gasteiger partial charge on any atom is -0.406 e. The summed E-state index contributed by atoms with van der Waals surface area (Å²) in [7, 11) is -0.198. The summed E-state index contributed by atoms with van der Waals surface area (Å²) in [5, 5.41) is 0. The number of unbranched alkanes of at least 4 members (excludes halogenated alkanes) is 9. The van der Waals surface area contributed by atoms with Crippen molar-refractivity contribution in [3.05, 3.63) is 30.3 Å². The van der Waals surface area contributed by atoms with E-state index in [0.29, 0.717) is 0 Å². The van der Waals surface area contributed by atoms with Crippen LogP contribution in [0, 0.1) is 0 Å². The third-order valence-electron chi connectivity index (χ3n) is 5.25. The van der Waals surface area contributed by atoms with Gasteiger partial charge in [0, 0.05) is 26.3 Å². The fourth-order valence-electron chi connectivity index (χ4n) is 3.59. The van der Waals surface area contributed by atoms with E-state index in [-0.39, 0.29) is 7.12 Å². The van der Waals surface area contributed by atoms with Crippen LogP contribution in [0.3, 0.4) is 0 Å². The molecule has 146 valence electrons. The molecule has 0 N–H and O–H groups in total. The zero-order valence-electron chi connectivity index (χ0n) is 16.8. The zero-order chi connectivity index (χ0) is 18.3. The molecule has 1 fully saturated rings. The molecule has 1 aliphatic heterocycles. The quantitative estimate of drug-likeness (QED) is 0.400. The van der Waals surface area contributed by atoms with Crippen LogP contribution in [0.15, 0.2) is 30.3 Å². The van der Waals surface area contributed by atoms with Gasteiger partial charge in [-0.3, -0.25) is 4.90 Å². The maximum Gasteiger partial charge on any atom is 0.493 e. The monoisotopic (exact) mass is 359 g/mol. The molecule has 3 nitrogen and oxygen atoms in total. The van der Waals surface area contributed by atoms with Crippen molar-refractivity contribution in [1.29, 1.82) is 0 Å². The van der Waals surface area contributed by atoms with Crippen molar-refractivity contribution >= 4 is 12.6 Å². The number of hydrogen-bond donors (Lipinski definition) is 0. The largest absolute Gasteiger partial charge is 0.493 e. The normalized spacial score (nSPS) is 16.4. The predicted molar refractivity (Wildman–Crippen MR) is 112 cm³/mol. The lowest BCUT2D eigenvalue weighted by Gasteiger charge is -2.27. The SMILES string of the molecule is CCCCCCCCCCCCN1CCOB(c2ccccc2)OCC1. The lowest BCUT2D eigenvalue weighted by atomic mass is 9.79. The maximum atomic E-state index is 5.94. The first-order chi connectivity index (χ1) is 12.9. The van der Waals surface area contributed by atoms with Crippen LogP contribution in [-0.2, 0) is 9.31 Å². The Hall–Kier alpha value is -0.835. The molecular weight excluding hydrogens is 321 g/mol. The molecule has 1 aromatic rings. The number of nitrogens with zero attached hydrogens (tertiary/aromatic N) is 1. The van der Waals surface area contributed by atoms with Crippen molar-refractivity contribution in [2.45, 2.75) is 71.1 Å². The highest BCUT2D eigenvalue weighted by Crippen LogP contribution is 2.11. The Morgan fingerprint density at radius 3 is 1.88 bits per heavy atom. The summed E-state index contributed by atoms with van der Waals surface area (Å²) in [6, 6.07) is 10.3. The first-order valence-corrected chi connectivity index (χ1v) is 10.9. The number of hydrogen-bond acceptors (Lipinski definition) is 3. The zero-order valence-corrected chi connectivity index (χ0v) is 16.8. The molecule has 1 saturated heterocycles. The molecule has 0 atom stereocenters. The second-order valence-corrected chi connectivity index (χ2v) is 7.51. The number of rotatable bonds is 12. The minimum atomic E-state index is -0.198. The van der Waals surface area contributed by atoms with Crippen LogP contribution in [0.1, 0.15) is 71.1 Å². The van der Waals surface area contributed by atoms with E-state index in [9.17, 15) is 0 Å². The molecule has 1 aromatic carbocycles. The summed E-state index contributed by atoms with van der Waals surface area (Å²) in [5.74, 6) is 0. The van der Waals surface area contributed by atoms with Crippen molar-refractivity contribution in [1.82, 2.24) is 4.90 Å². The Morgan fingerprint density at radius 2 is 1.31 bits per heavy atom. The van der Waals surface area contributed by atoms with Gasteiger partial charge in [-0.1, -0.05) is 95.0 Å². The first kappa shape index (κ1) is 21.5. The van der Waals surface area contributed by atoms with Crippen LogP contribution in [0.2, 0.25) is 0 Å². The van der Waals surface area contributed by atoms with E-state index in [1.54, 1.807) is 0 Å². The number of benzene rings is 1. The standard InChI is InChI=1S/C22H38BNO2/c1-2-3-4-5-6-7-8-9-10-14-17-24-18-20-25-23(26-21-19-24)22-15-12-11-13-16-22/h11-13,15-16H,2-10,14,17-21H2,1H3. The molecule has 0 aliphatic carbocycles. The second-order valence-electron chi connectivity index (χ2n) is 7.51. The van der Waals surface area contributed by atoms with Crippen LogP contribution in [0.4, 0.5) is 0 Å². The van der Waals surface area contributed by atoms with E-state index >= 15 is 0 Å². The Kier molecular flexibility index (Phi) is 11.8. The highest BCUT2D eigenvalue weighted by atomic mass is 16.6. The van der Waals surface area contributed by atoms with E-state index < -0.39 is 0 Å². The lowest BCUT2D eigenvalue weighted by molar-refractivity contribution is 0.115. The van der Waals surface area contributed by atoms with Gasteiger partial charge in [-0.2, -0.15) is 0 Å². The van der Waals surface area contributed by atoms with Crippen LogP contribution in [-0.4, -0.2) is 44.9 Å². The molecule has 4 heteroatoms. The molecule has 1 heterocycles. The summed E-state index contributed by atoms with van der Waals surface area (Å²) in [5.41, 5.74) is 1.12. The maximum absolute atomic E-state index is 5.94. The van der Waals surface area contributed by atoms with Crippen LogP contribution < -0.4 is 5.46 Å². The van der Waals surface area contributed by atoms with Crippen LogP contribution >= 0.6 is 0 Å². The third-order valence-corrected chi connectivity index (χ3v) is 5.25. The first-order valence-electron chi connectivity index (χ1n) is 10.9. The molecule has 0 unspecified atom stereocenters. The van der Waals surface area contributed by atoms with E-state index in [1.807, 2.05) is 18.2 Å². The van der Waals surface area contributed by atoms with E-state index in [1.165, 1.54) is 70.8 Å². The van der Waals surface area contributed by atoms with Crippen molar-refractivity contribution < 1.29 is 9.31 Å².